The molecule has 2 aliphatic rings. The maximum absolute atomic E-state index is 12.5. The van der Waals surface area contributed by atoms with Gasteiger partial charge in [0, 0.05) is 6.26 Å². The van der Waals surface area contributed by atoms with Crippen molar-refractivity contribution < 1.29 is 22.7 Å². The maximum Gasteiger partial charge on any atom is 0.283 e. The van der Waals surface area contributed by atoms with E-state index in [1.807, 2.05) is 37.3 Å². The SMILES string of the molecule is COc1cc(/C=C2/C(=N)N3C(=NC2=O)SN=C3S(C)(=O)=O)ccc1O[C@@H](C)c1ccccc1. The average molecular weight is 485 g/mol. The normalized spacial score (nSPS) is 18.0. The van der Waals surface area contributed by atoms with E-state index in [0.29, 0.717) is 17.1 Å². The van der Waals surface area contributed by atoms with E-state index in [9.17, 15) is 13.2 Å². The quantitative estimate of drug-likeness (QED) is 0.509. The maximum atomic E-state index is 12.5. The fourth-order valence-corrected chi connectivity index (χ4v) is 5.10. The fourth-order valence-electron chi connectivity index (χ4n) is 3.26. The molecule has 0 aromatic heterocycles. The van der Waals surface area contributed by atoms with E-state index in [-0.39, 0.29) is 27.8 Å². The van der Waals surface area contributed by atoms with Crippen LogP contribution in [0.2, 0.25) is 0 Å². The van der Waals surface area contributed by atoms with Crippen LogP contribution in [-0.2, 0) is 14.6 Å². The summed E-state index contributed by atoms with van der Waals surface area (Å²) in [6, 6.07) is 14.8. The van der Waals surface area contributed by atoms with E-state index in [1.54, 1.807) is 18.2 Å². The molecule has 2 heterocycles. The predicted molar refractivity (Wildman–Crippen MR) is 128 cm³/mol. The van der Waals surface area contributed by atoms with Crippen molar-refractivity contribution in [3.63, 3.8) is 0 Å². The molecule has 0 saturated heterocycles. The van der Waals surface area contributed by atoms with E-state index in [0.717, 1.165) is 28.7 Å². The minimum Gasteiger partial charge on any atom is -0.493 e. The Labute approximate surface area is 195 Å². The molecular weight excluding hydrogens is 464 g/mol. The number of hydrogen-bond acceptors (Lipinski definition) is 8. The van der Waals surface area contributed by atoms with Crippen molar-refractivity contribution in [2.45, 2.75) is 13.0 Å². The van der Waals surface area contributed by atoms with Gasteiger partial charge in [0.05, 0.1) is 24.6 Å². The first-order valence-electron chi connectivity index (χ1n) is 9.77. The summed E-state index contributed by atoms with van der Waals surface area (Å²) in [5.74, 6) is 0.00175. The molecule has 11 heteroatoms. The first-order valence-corrected chi connectivity index (χ1v) is 12.4. The summed E-state index contributed by atoms with van der Waals surface area (Å²) in [5.41, 5.74) is 1.50. The number of nitrogens with one attached hydrogen (secondary N) is 1. The van der Waals surface area contributed by atoms with Gasteiger partial charge in [-0.05, 0) is 36.3 Å². The minimum atomic E-state index is -3.71. The first-order chi connectivity index (χ1) is 15.7. The molecule has 0 spiro atoms. The van der Waals surface area contributed by atoms with Gasteiger partial charge in [-0.2, -0.15) is 9.39 Å². The molecule has 0 unspecified atom stereocenters. The lowest BCUT2D eigenvalue weighted by molar-refractivity contribution is -0.114. The number of ether oxygens (including phenoxy) is 2. The van der Waals surface area contributed by atoms with Crippen molar-refractivity contribution >= 4 is 49.9 Å². The molecule has 0 radical (unpaired) electrons. The smallest absolute Gasteiger partial charge is 0.283 e. The van der Waals surface area contributed by atoms with Crippen LogP contribution in [-0.4, -0.2) is 48.8 Å². The Morgan fingerprint density at radius 1 is 1.15 bits per heavy atom. The monoisotopic (exact) mass is 484 g/mol. The third kappa shape index (κ3) is 4.55. The summed E-state index contributed by atoms with van der Waals surface area (Å²) < 4.78 is 39.4. The zero-order chi connectivity index (χ0) is 23.8. The van der Waals surface area contributed by atoms with Crippen LogP contribution in [0.5, 0.6) is 11.5 Å². The molecule has 4 rings (SSSR count). The Kier molecular flexibility index (Phi) is 6.09. The van der Waals surface area contributed by atoms with E-state index in [1.165, 1.54) is 13.2 Å². The molecule has 1 N–H and O–H groups in total. The number of hydrogen-bond donors (Lipinski definition) is 1. The number of amidine groups is 3. The van der Waals surface area contributed by atoms with Crippen LogP contribution >= 0.6 is 11.9 Å². The van der Waals surface area contributed by atoms with Gasteiger partial charge >= 0.3 is 0 Å². The van der Waals surface area contributed by atoms with Gasteiger partial charge in [0.25, 0.3) is 5.91 Å². The number of aliphatic imine (C=N–C) groups is 1. The zero-order valence-corrected chi connectivity index (χ0v) is 19.6. The second kappa shape index (κ2) is 8.83. The van der Waals surface area contributed by atoms with E-state index >= 15 is 0 Å². The van der Waals surface area contributed by atoms with Gasteiger partial charge in [-0.3, -0.25) is 10.2 Å². The first kappa shape index (κ1) is 22.7. The summed E-state index contributed by atoms with van der Waals surface area (Å²) in [4.78, 5) is 17.5. The second-order valence-corrected chi connectivity index (χ2v) is 9.90. The van der Waals surface area contributed by atoms with Crippen LogP contribution in [0.4, 0.5) is 0 Å². The van der Waals surface area contributed by atoms with Crippen molar-refractivity contribution in [1.29, 1.82) is 5.41 Å². The topological polar surface area (TPSA) is 121 Å². The van der Waals surface area contributed by atoms with Crippen LogP contribution in [0.25, 0.3) is 6.08 Å². The van der Waals surface area contributed by atoms with Crippen molar-refractivity contribution in [3.8, 4) is 11.5 Å². The molecule has 170 valence electrons. The Bertz CT molecular complexity index is 1330. The van der Waals surface area contributed by atoms with Gasteiger partial charge < -0.3 is 9.47 Å². The molecule has 0 aliphatic carbocycles. The number of fused-ring (bicyclic) bond motifs is 1. The molecule has 0 saturated carbocycles. The van der Waals surface area contributed by atoms with Crippen molar-refractivity contribution in [2.24, 2.45) is 9.39 Å². The lowest BCUT2D eigenvalue weighted by Gasteiger charge is -2.24. The third-order valence-electron chi connectivity index (χ3n) is 4.90. The molecule has 2 aromatic carbocycles. The van der Waals surface area contributed by atoms with Crippen LogP contribution in [0.3, 0.4) is 0 Å². The molecule has 2 aliphatic heterocycles. The van der Waals surface area contributed by atoms with Crippen LogP contribution in [0.1, 0.15) is 24.2 Å². The number of nitrogens with zero attached hydrogens (tertiary/aromatic N) is 3. The van der Waals surface area contributed by atoms with Crippen molar-refractivity contribution in [1.82, 2.24) is 4.90 Å². The van der Waals surface area contributed by atoms with Crippen LogP contribution in [0.15, 0.2) is 63.5 Å². The number of sulfone groups is 1. The molecule has 1 atom stereocenters. The largest absolute Gasteiger partial charge is 0.493 e. The van der Waals surface area contributed by atoms with Gasteiger partial charge in [-0.15, -0.1) is 0 Å². The van der Waals surface area contributed by atoms with Gasteiger partial charge in [0.1, 0.15) is 11.9 Å². The fraction of sp³-hybridized carbons (Fsp3) is 0.182. The molecule has 0 bridgehead atoms. The highest BCUT2D eigenvalue weighted by atomic mass is 32.2. The zero-order valence-electron chi connectivity index (χ0n) is 18.0. The molecule has 9 nitrogen and oxygen atoms in total. The Morgan fingerprint density at radius 3 is 2.55 bits per heavy atom. The number of methoxy groups -OCH3 is 1. The summed E-state index contributed by atoms with van der Waals surface area (Å²) in [6.45, 7) is 1.93. The lowest BCUT2D eigenvalue weighted by Crippen LogP contribution is -2.45. The highest BCUT2D eigenvalue weighted by Gasteiger charge is 2.41. The second-order valence-electron chi connectivity index (χ2n) is 7.26. The molecular formula is C22H20N4O5S2. The molecule has 0 fully saturated rings. The lowest BCUT2D eigenvalue weighted by atomic mass is 10.1. The standard InChI is InChI=1S/C22H20N4O5S2/c1-13(15-7-5-4-6-8-15)31-17-10-9-14(12-18(17)30-2)11-16-19(23)26-21(24-20(16)27)32-25-22(26)33(3,28)29/h4-13,23H,1-3H3/b16-11-,23-19?/t13-/m0/s1. The molecule has 2 aromatic rings. The van der Waals surface area contributed by atoms with E-state index < -0.39 is 15.7 Å². The minimum absolute atomic E-state index is 0.0406. The van der Waals surface area contributed by atoms with Gasteiger partial charge in [0.15, 0.2) is 11.5 Å². The van der Waals surface area contributed by atoms with Gasteiger partial charge in [-0.1, -0.05) is 36.4 Å². The Balaban J connectivity index is 1.63. The summed E-state index contributed by atoms with van der Waals surface area (Å²) in [6.07, 6.45) is 2.23. The van der Waals surface area contributed by atoms with E-state index in [4.69, 9.17) is 14.9 Å². The van der Waals surface area contributed by atoms with Gasteiger partial charge in [-0.25, -0.2) is 13.3 Å². The average Bonchev–Trinajstić information content (AvgIpc) is 3.22. The summed E-state index contributed by atoms with van der Waals surface area (Å²) >= 11 is 0.748. The highest BCUT2D eigenvalue weighted by Crippen LogP contribution is 2.34. The number of carbonyl (C=O) groups excluding carboxylic acids is 1. The van der Waals surface area contributed by atoms with Crippen LogP contribution < -0.4 is 9.47 Å². The summed E-state index contributed by atoms with van der Waals surface area (Å²) in [7, 11) is -2.21. The van der Waals surface area contributed by atoms with Crippen LogP contribution in [0, 0.1) is 5.41 Å². The van der Waals surface area contributed by atoms with E-state index in [2.05, 4.69) is 9.39 Å². The predicted octanol–water partition coefficient (Wildman–Crippen LogP) is 3.46. The Hall–Kier alpha value is -3.44. The molecule has 33 heavy (non-hydrogen) atoms. The van der Waals surface area contributed by atoms with Crippen molar-refractivity contribution in [2.75, 3.05) is 13.4 Å². The number of carbonyl (C=O) groups is 1. The number of benzene rings is 2. The van der Waals surface area contributed by atoms with Crippen molar-refractivity contribution in [3.05, 3.63) is 65.2 Å². The number of amides is 1. The molecule has 1 amide bonds. The Morgan fingerprint density at radius 2 is 1.88 bits per heavy atom. The third-order valence-corrected chi connectivity index (χ3v) is 6.65. The number of rotatable bonds is 5. The summed E-state index contributed by atoms with van der Waals surface area (Å²) in [5, 5.41) is 8.15. The van der Waals surface area contributed by atoms with Gasteiger partial charge in [0.2, 0.25) is 20.2 Å². The highest BCUT2D eigenvalue weighted by molar-refractivity contribution is 8.16.